The maximum atomic E-state index is 3.61. The molecular formula is C16H24N2. The zero-order chi connectivity index (χ0) is 13.0. The van der Waals surface area contributed by atoms with E-state index in [9.17, 15) is 0 Å². The Balaban J connectivity index is 1.89. The fourth-order valence-electron chi connectivity index (χ4n) is 2.36. The maximum absolute atomic E-state index is 3.61. The third-order valence-corrected chi connectivity index (χ3v) is 3.73. The molecule has 2 N–H and O–H groups in total. The molecule has 0 bridgehead atoms. The van der Waals surface area contributed by atoms with Gasteiger partial charge in [0.25, 0.3) is 0 Å². The van der Waals surface area contributed by atoms with Gasteiger partial charge in [-0.05, 0) is 48.4 Å². The number of fused-ring (bicyclic) bond motifs is 1. The van der Waals surface area contributed by atoms with Crippen LogP contribution in [0.25, 0.3) is 10.9 Å². The van der Waals surface area contributed by atoms with Gasteiger partial charge in [-0.3, -0.25) is 0 Å². The van der Waals surface area contributed by atoms with Crippen molar-refractivity contribution in [2.45, 2.75) is 46.2 Å². The molecule has 2 nitrogen and oxygen atoms in total. The molecule has 0 radical (unpaired) electrons. The molecule has 0 aliphatic rings. The number of benzene rings is 1. The lowest BCUT2D eigenvalue weighted by molar-refractivity contribution is 0.412. The molecule has 0 spiro atoms. The van der Waals surface area contributed by atoms with Crippen LogP contribution in [0.3, 0.4) is 0 Å². The van der Waals surface area contributed by atoms with Crippen LogP contribution < -0.4 is 5.32 Å². The van der Waals surface area contributed by atoms with Crippen molar-refractivity contribution >= 4 is 10.9 Å². The fourth-order valence-corrected chi connectivity index (χ4v) is 2.36. The van der Waals surface area contributed by atoms with Gasteiger partial charge in [-0.1, -0.05) is 26.3 Å². The van der Waals surface area contributed by atoms with Crippen molar-refractivity contribution in [2.75, 3.05) is 0 Å². The summed E-state index contributed by atoms with van der Waals surface area (Å²) in [6.07, 6.45) is 4.51. The van der Waals surface area contributed by atoms with Gasteiger partial charge >= 0.3 is 0 Å². The normalized spacial score (nSPS) is 14.8. The van der Waals surface area contributed by atoms with Gasteiger partial charge in [0.2, 0.25) is 0 Å². The molecule has 0 amide bonds. The van der Waals surface area contributed by atoms with Crippen molar-refractivity contribution in [1.29, 1.82) is 0 Å². The van der Waals surface area contributed by atoms with Crippen LogP contribution in [0.2, 0.25) is 0 Å². The number of aromatic amines is 1. The van der Waals surface area contributed by atoms with Crippen molar-refractivity contribution in [3.63, 3.8) is 0 Å². The average molecular weight is 244 g/mol. The topological polar surface area (TPSA) is 27.8 Å². The maximum Gasteiger partial charge on any atom is 0.0454 e. The lowest BCUT2D eigenvalue weighted by Crippen LogP contribution is -2.27. The summed E-state index contributed by atoms with van der Waals surface area (Å²) in [5.41, 5.74) is 2.57. The Kier molecular flexibility index (Phi) is 4.43. The van der Waals surface area contributed by atoms with E-state index in [0.717, 1.165) is 12.5 Å². The third kappa shape index (κ3) is 3.36. The zero-order valence-electron chi connectivity index (χ0n) is 11.7. The number of nitrogens with one attached hydrogen (secondary N) is 2. The molecular weight excluding hydrogens is 220 g/mol. The molecule has 1 heterocycles. The van der Waals surface area contributed by atoms with Gasteiger partial charge in [0.15, 0.2) is 0 Å². The molecule has 98 valence electrons. The second-order valence-electron chi connectivity index (χ2n) is 5.43. The lowest BCUT2D eigenvalue weighted by atomic mass is 10.0. The van der Waals surface area contributed by atoms with Crippen LogP contribution in [0.1, 0.15) is 39.2 Å². The first-order chi connectivity index (χ1) is 8.69. The minimum absolute atomic E-state index is 0.585. The fraction of sp³-hybridized carbons (Fsp3) is 0.500. The lowest BCUT2D eigenvalue weighted by Gasteiger charge is -2.17. The minimum atomic E-state index is 0.585. The molecule has 0 saturated heterocycles. The molecule has 2 rings (SSSR count). The predicted molar refractivity (Wildman–Crippen MR) is 78.7 cm³/mol. The molecule has 2 atom stereocenters. The number of H-pyrrole nitrogens is 1. The summed E-state index contributed by atoms with van der Waals surface area (Å²) < 4.78 is 0. The SMILES string of the molecule is CCC(C)CC(C)NCc1ccc2[nH]ccc2c1. The Morgan fingerprint density at radius 1 is 1.22 bits per heavy atom. The minimum Gasteiger partial charge on any atom is -0.361 e. The number of aromatic nitrogens is 1. The van der Waals surface area contributed by atoms with Crippen molar-refractivity contribution in [1.82, 2.24) is 10.3 Å². The van der Waals surface area contributed by atoms with Crippen LogP contribution in [0.4, 0.5) is 0 Å². The van der Waals surface area contributed by atoms with E-state index in [1.54, 1.807) is 0 Å². The van der Waals surface area contributed by atoms with E-state index >= 15 is 0 Å². The van der Waals surface area contributed by atoms with Crippen LogP contribution >= 0.6 is 0 Å². The predicted octanol–water partition coefficient (Wildman–Crippen LogP) is 4.08. The van der Waals surface area contributed by atoms with E-state index in [-0.39, 0.29) is 0 Å². The first-order valence-corrected chi connectivity index (χ1v) is 6.98. The van der Waals surface area contributed by atoms with Gasteiger partial charge in [0.1, 0.15) is 0 Å². The van der Waals surface area contributed by atoms with Gasteiger partial charge in [-0.2, -0.15) is 0 Å². The van der Waals surface area contributed by atoms with Crippen molar-refractivity contribution in [3.05, 3.63) is 36.0 Å². The van der Waals surface area contributed by atoms with Gasteiger partial charge in [0, 0.05) is 24.3 Å². The van der Waals surface area contributed by atoms with Crippen molar-refractivity contribution in [3.8, 4) is 0 Å². The molecule has 2 aromatic rings. The summed E-state index contributed by atoms with van der Waals surface area (Å²) in [6, 6.07) is 9.32. The molecule has 2 heteroatoms. The van der Waals surface area contributed by atoms with Gasteiger partial charge in [-0.25, -0.2) is 0 Å². The highest BCUT2D eigenvalue weighted by Gasteiger charge is 2.06. The summed E-state index contributed by atoms with van der Waals surface area (Å²) in [5, 5.41) is 4.91. The van der Waals surface area contributed by atoms with Crippen molar-refractivity contribution < 1.29 is 0 Å². The second-order valence-corrected chi connectivity index (χ2v) is 5.43. The molecule has 1 aromatic carbocycles. The Labute approximate surface area is 110 Å². The highest BCUT2D eigenvalue weighted by Crippen LogP contribution is 2.15. The monoisotopic (exact) mass is 244 g/mol. The van der Waals surface area contributed by atoms with E-state index in [1.165, 1.54) is 29.3 Å². The molecule has 18 heavy (non-hydrogen) atoms. The molecule has 0 aliphatic carbocycles. The summed E-state index contributed by atoms with van der Waals surface area (Å²) >= 11 is 0. The summed E-state index contributed by atoms with van der Waals surface area (Å²) in [4.78, 5) is 3.22. The smallest absolute Gasteiger partial charge is 0.0454 e. The summed E-state index contributed by atoms with van der Waals surface area (Å²) in [5.74, 6) is 0.805. The highest BCUT2D eigenvalue weighted by molar-refractivity contribution is 5.79. The Morgan fingerprint density at radius 2 is 2.06 bits per heavy atom. The first-order valence-electron chi connectivity index (χ1n) is 6.98. The van der Waals surface area contributed by atoms with Crippen molar-refractivity contribution in [2.24, 2.45) is 5.92 Å². The molecule has 0 fully saturated rings. The average Bonchev–Trinajstić information content (AvgIpc) is 2.83. The largest absolute Gasteiger partial charge is 0.361 e. The van der Waals surface area contributed by atoms with Crippen LogP contribution in [0.5, 0.6) is 0 Å². The van der Waals surface area contributed by atoms with E-state index < -0.39 is 0 Å². The zero-order valence-corrected chi connectivity index (χ0v) is 11.7. The van der Waals surface area contributed by atoms with Gasteiger partial charge < -0.3 is 10.3 Å². The Morgan fingerprint density at radius 3 is 2.83 bits per heavy atom. The van der Waals surface area contributed by atoms with Crippen LogP contribution in [-0.2, 0) is 6.54 Å². The van der Waals surface area contributed by atoms with E-state index in [2.05, 4.69) is 55.3 Å². The van der Waals surface area contributed by atoms with E-state index in [4.69, 9.17) is 0 Å². The van der Waals surface area contributed by atoms with Crippen LogP contribution in [0, 0.1) is 5.92 Å². The quantitative estimate of drug-likeness (QED) is 0.787. The Bertz CT molecular complexity index is 487. The standard InChI is InChI=1S/C16H24N2/c1-4-12(2)9-13(3)18-11-14-5-6-16-15(10-14)7-8-17-16/h5-8,10,12-13,17-18H,4,9,11H2,1-3H3. The van der Waals surface area contributed by atoms with Gasteiger partial charge in [-0.15, -0.1) is 0 Å². The molecule has 1 aromatic heterocycles. The number of hydrogen-bond acceptors (Lipinski definition) is 1. The van der Waals surface area contributed by atoms with Crippen LogP contribution in [0.15, 0.2) is 30.5 Å². The number of rotatable bonds is 6. The first kappa shape index (κ1) is 13.2. The Hall–Kier alpha value is -1.28. The molecule has 0 aliphatic heterocycles. The summed E-state index contributed by atoms with van der Waals surface area (Å²) in [6.45, 7) is 7.82. The van der Waals surface area contributed by atoms with E-state index in [1.807, 2.05) is 6.20 Å². The second kappa shape index (κ2) is 6.05. The summed E-state index contributed by atoms with van der Waals surface area (Å²) in [7, 11) is 0. The number of hydrogen-bond donors (Lipinski definition) is 2. The van der Waals surface area contributed by atoms with Gasteiger partial charge in [0.05, 0.1) is 0 Å². The van der Waals surface area contributed by atoms with Crippen LogP contribution in [-0.4, -0.2) is 11.0 Å². The molecule has 2 unspecified atom stereocenters. The highest BCUT2D eigenvalue weighted by atomic mass is 14.9. The molecule has 0 saturated carbocycles. The van der Waals surface area contributed by atoms with E-state index in [0.29, 0.717) is 6.04 Å². The third-order valence-electron chi connectivity index (χ3n) is 3.73.